The van der Waals surface area contributed by atoms with Gasteiger partial charge in [0, 0.05) is 12.5 Å². The highest BCUT2D eigenvalue weighted by Gasteiger charge is 2.19. The van der Waals surface area contributed by atoms with Crippen molar-refractivity contribution >= 4 is 0 Å². The molecule has 0 amide bonds. The van der Waals surface area contributed by atoms with Gasteiger partial charge in [0.15, 0.2) is 0 Å². The summed E-state index contributed by atoms with van der Waals surface area (Å²) in [4.78, 5) is 2.54. The first-order valence-corrected chi connectivity index (χ1v) is 9.00. The predicted molar refractivity (Wildman–Crippen MR) is 92.7 cm³/mol. The second-order valence-corrected chi connectivity index (χ2v) is 6.85. The smallest absolute Gasteiger partial charge is 0.0802 e. The molecule has 3 aliphatic rings. The molecular weight excluding hydrogens is 270 g/mol. The summed E-state index contributed by atoms with van der Waals surface area (Å²) in [5.41, 5.74) is 2.44. The van der Waals surface area contributed by atoms with E-state index in [1.54, 1.807) is 0 Å². The summed E-state index contributed by atoms with van der Waals surface area (Å²) < 4.78 is 0. The number of hydrogen-bond acceptors (Lipinski definition) is 2. The van der Waals surface area contributed by atoms with Gasteiger partial charge in [0.1, 0.15) is 0 Å². The van der Waals surface area contributed by atoms with Gasteiger partial charge < -0.3 is 10.0 Å². The lowest BCUT2D eigenvalue weighted by molar-refractivity contribution is 0.165. The minimum absolute atomic E-state index is 0.325. The summed E-state index contributed by atoms with van der Waals surface area (Å²) in [6.07, 6.45) is 21.5. The first-order valence-electron chi connectivity index (χ1n) is 9.00. The van der Waals surface area contributed by atoms with Crippen LogP contribution in [0.1, 0.15) is 44.9 Å². The average molecular weight is 299 g/mol. The van der Waals surface area contributed by atoms with Crippen LogP contribution < -0.4 is 0 Å². The van der Waals surface area contributed by atoms with Crippen molar-refractivity contribution in [1.82, 2.24) is 4.90 Å². The van der Waals surface area contributed by atoms with Gasteiger partial charge in [0.05, 0.1) is 6.10 Å². The number of nitrogens with zero attached hydrogens (tertiary/aromatic N) is 1. The van der Waals surface area contributed by atoms with Crippen LogP contribution in [0.2, 0.25) is 0 Å². The van der Waals surface area contributed by atoms with E-state index in [0.29, 0.717) is 5.92 Å². The number of likely N-dealkylation sites (tertiary alicyclic amines) is 1. The molecule has 2 aliphatic carbocycles. The van der Waals surface area contributed by atoms with Crippen LogP contribution in [-0.2, 0) is 0 Å². The number of aliphatic hydroxyl groups is 1. The molecule has 0 spiro atoms. The van der Waals surface area contributed by atoms with Gasteiger partial charge in [-0.3, -0.25) is 0 Å². The maximum atomic E-state index is 10.5. The van der Waals surface area contributed by atoms with E-state index in [4.69, 9.17) is 0 Å². The molecule has 1 aliphatic heterocycles. The molecule has 0 saturated carbocycles. The molecule has 0 aromatic rings. The second-order valence-electron chi connectivity index (χ2n) is 6.85. The molecule has 2 unspecified atom stereocenters. The molecule has 0 bridgehead atoms. The zero-order valence-corrected chi connectivity index (χ0v) is 13.6. The number of aliphatic hydroxyl groups excluding tert-OH is 1. The van der Waals surface area contributed by atoms with Gasteiger partial charge in [0.25, 0.3) is 0 Å². The largest absolute Gasteiger partial charge is 0.388 e. The van der Waals surface area contributed by atoms with E-state index in [9.17, 15) is 5.11 Å². The van der Waals surface area contributed by atoms with Crippen molar-refractivity contribution in [3.63, 3.8) is 0 Å². The molecule has 1 heterocycles. The van der Waals surface area contributed by atoms with Gasteiger partial charge >= 0.3 is 0 Å². The van der Waals surface area contributed by atoms with Crippen LogP contribution in [0, 0.1) is 5.92 Å². The Morgan fingerprint density at radius 3 is 2.73 bits per heavy atom. The highest BCUT2D eigenvalue weighted by atomic mass is 16.3. The summed E-state index contributed by atoms with van der Waals surface area (Å²) in [7, 11) is 0. The molecule has 3 rings (SSSR count). The van der Waals surface area contributed by atoms with E-state index in [0.717, 1.165) is 25.0 Å². The maximum Gasteiger partial charge on any atom is 0.0802 e. The van der Waals surface area contributed by atoms with Gasteiger partial charge in [0.2, 0.25) is 0 Å². The Labute approximate surface area is 134 Å². The SMILES string of the molecule is OC(CCN1CCCCCCC1)C1=CC2=CC=CCC2C=C1. The lowest BCUT2D eigenvalue weighted by Crippen LogP contribution is -2.31. The van der Waals surface area contributed by atoms with E-state index < -0.39 is 0 Å². The van der Waals surface area contributed by atoms with Crippen LogP contribution in [0.5, 0.6) is 0 Å². The Kier molecular flexibility index (Phi) is 5.69. The standard InChI is InChI=1S/C20H29NO/c22-20(12-15-21-13-6-2-1-3-7-14-21)19-11-10-17-8-4-5-9-18(17)16-19/h4-5,9-11,16-17,20,22H,1-3,6-8,12-15H2. The van der Waals surface area contributed by atoms with E-state index in [1.165, 1.54) is 50.8 Å². The van der Waals surface area contributed by atoms with Crippen molar-refractivity contribution in [1.29, 1.82) is 0 Å². The van der Waals surface area contributed by atoms with Gasteiger partial charge in [-0.2, -0.15) is 0 Å². The Morgan fingerprint density at radius 1 is 1.14 bits per heavy atom. The normalized spacial score (nSPS) is 27.4. The van der Waals surface area contributed by atoms with Gasteiger partial charge in [-0.1, -0.05) is 55.7 Å². The third-order valence-corrected chi connectivity index (χ3v) is 5.15. The van der Waals surface area contributed by atoms with Crippen LogP contribution in [0.25, 0.3) is 0 Å². The van der Waals surface area contributed by atoms with Gasteiger partial charge in [-0.15, -0.1) is 0 Å². The Hall–Kier alpha value is -1.12. The van der Waals surface area contributed by atoms with Crippen molar-refractivity contribution in [2.45, 2.75) is 51.0 Å². The molecule has 1 N–H and O–H groups in total. The number of hydrogen-bond donors (Lipinski definition) is 1. The molecule has 2 heteroatoms. The molecule has 0 aromatic heterocycles. The van der Waals surface area contributed by atoms with Crippen molar-refractivity contribution in [3.05, 3.63) is 47.6 Å². The summed E-state index contributed by atoms with van der Waals surface area (Å²) >= 11 is 0. The second kappa shape index (κ2) is 7.94. The van der Waals surface area contributed by atoms with Gasteiger partial charge in [-0.25, -0.2) is 0 Å². The van der Waals surface area contributed by atoms with Crippen LogP contribution in [-0.4, -0.2) is 35.7 Å². The monoisotopic (exact) mass is 299 g/mol. The minimum atomic E-state index is -0.325. The summed E-state index contributed by atoms with van der Waals surface area (Å²) in [5, 5.41) is 10.5. The summed E-state index contributed by atoms with van der Waals surface area (Å²) in [6.45, 7) is 3.44. The molecule has 1 saturated heterocycles. The van der Waals surface area contributed by atoms with E-state index >= 15 is 0 Å². The van der Waals surface area contributed by atoms with Crippen molar-refractivity contribution in [2.75, 3.05) is 19.6 Å². The molecule has 1 fully saturated rings. The van der Waals surface area contributed by atoms with Crippen LogP contribution >= 0.6 is 0 Å². The fourth-order valence-corrected chi connectivity index (χ4v) is 3.69. The number of rotatable bonds is 4. The summed E-state index contributed by atoms with van der Waals surface area (Å²) in [5.74, 6) is 0.523. The molecule has 0 radical (unpaired) electrons. The topological polar surface area (TPSA) is 23.5 Å². The van der Waals surface area contributed by atoms with Crippen molar-refractivity contribution < 1.29 is 5.11 Å². The first kappa shape index (κ1) is 15.8. The van der Waals surface area contributed by atoms with E-state index in [-0.39, 0.29) is 6.10 Å². The number of allylic oxidation sites excluding steroid dienone is 6. The molecule has 120 valence electrons. The van der Waals surface area contributed by atoms with Crippen molar-refractivity contribution in [3.8, 4) is 0 Å². The highest BCUT2D eigenvalue weighted by Crippen LogP contribution is 2.30. The van der Waals surface area contributed by atoms with Crippen LogP contribution in [0.3, 0.4) is 0 Å². The first-order chi connectivity index (χ1) is 10.8. The summed E-state index contributed by atoms with van der Waals surface area (Å²) in [6, 6.07) is 0. The zero-order valence-electron chi connectivity index (χ0n) is 13.6. The molecular formula is C20H29NO. The fraction of sp³-hybridized carbons (Fsp3) is 0.600. The van der Waals surface area contributed by atoms with E-state index in [1.807, 2.05) is 0 Å². The third-order valence-electron chi connectivity index (χ3n) is 5.15. The van der Waals surface area contributed by atoms with Gasteiger partial charge in [-0.05, 0) is 49.9 Å². The maximum absolute atomic E-state index is 10.5. The fourth-order valence-electron chi connectivity index (χ4n) is 3.69. The lowest BCUT2D eigenvalue weighted by Gasteiger charge is -2.27. The average Bonchev–Trinajstić information content (AvgIpc) is 2.53. The Balaban J connectivity index is 1.52. The lowest BCUT2D eigenvalue weighted by atomic mass is 9.84. The minimum Gasteiger partial charge on any atom is -0.388 e. The molecule has 2 atom stereocenters. The highest BCUT2D eigenvalue weighted by molar-refractivity contribution is 5.44. The molecule has 22 heavy (non-hydrogen) atoms. The zero-order chi connectivity index (χ0) is 15.2. The van der Waals surface area contributed by atoms with Crippen molar-refractivity contribution in [2.24, 2.45) is 5.92 Å². The van der Waals surface area contributed by atoms with Crippen LogP contribution in [0.4, 0.5) is 0 Å². The Bertz CT molecular complexity index is 478. The van der Waals surface area contributed by atoms with E-state index in [2.05, 4.69) is 41.4 Å². The third kappa shape index (κ3) is 4.21. The van der Waals surface area contributed by atoms with Crippen LogP contribution in [0.15, 0.2) is 47.6 Å². The molecule has 2 nitrogen and oxygen atoms in total. The number of fused-ring (bicyclic) bond motifs is 1. The predicted octanol–water partition coefficient (Wildman–Crippen LogP) is 4.00. The quantitative estimate of drug-likeness (QED) is 0.848. The molecule has 0 aromatic carbocycles. The Morgan fingerprint density at radius 2 is 1.91 bits per heavy atom.